The summed E-state index contributed by atoms with van der Waals surface area (Å²) in [6, 6.07) is 0. The third kappa shape index (κ3) is 2.98. The minimum atomic E-state index is -4.32. The highest BCUT2D eigenvalue weighted by molar-refractivity contribution is 5.21. The molecule has 0 fully saturated rings. The highest BCUT2D eigenvalue weighted by Gasteiger charge is 2.37. The van der Waals surface area contributed by atoms with E-state index >= 15 is 0 Å². The van der Waals surface area contributed by atoms with E-state index in [1.54, 1.807) is 14.0 Å². The molecule has 0 saturated heterocycles. The molecule has 92 valence electrons. The second kappa shape index (κ2) is 5.34. The lowest BCUT2D eigenvalue weighted by Crippen LogP contribution is -2.16. The summed E-state index contributed by atoms with van der Waals surface area (Å²) in [6.07, 6.45) is -1.92. The fraction of sp³-hybridized carbons (Fsp3) is 0.700. The summed E-state index contributed by atoms with van der Waals surface area (Å²) >= 11 is 0. The molecule has 0 aromatic carbocycles. The van der Waals surface area contributed by atoms with Crippen LogP contribution in [-0.2, 0) is 19.1 Å². The van der Waals surface area contributed by atoms with E-state index in [-0.39, 0.29) is 12.1 Å². The molecule has 1 N–H and O–H groups in total. The minimum Gasteiger partial charge on any atom is -0.320 e. The van der Waals surface area contributed by atoms with E-state index in [1.807, 2.05) is 0 Å². The smallest absolute Gasteiger partial charge is 0.320 e. The van der Waals surface area contributed by atoms with Gasteiger partial charge < -0.3 is 5.32 Å². The summed E-state index contributed by atoms with van der Waals surface area (Å²) in [4.78, 5) is 0. The van der Waals surface area contributed by atoms with E-state index in [9.17, 15) is 13.2 Å². The maximum atomic E-state index is 12.8. The maximum Gasteiger partial charge on any atom is 0.433 e. The van der Waals surface area contributed by atoms with E-state index in [2.05, 4.69) is 10.4 Å². The summed E-state index contributed by atoms with van der Waals surface area (Å²) in [5, 5.41) is 6.66. The molecule has 0 radical (unpaired) electrons. The molecule has 1 heterocycles. The highest BCUT2D eigenvalue weighted by Crippen LogP contribution is 2.32. The first-order chi connectivity index (χ1) is 7.50. The summed E-state index contributed by atoms with van der Waals surface area (Å²) < 4.78 is 39.3. The van der Waals surface area contributed by atoms with E-state index in [1.165, 1.54) is 6.20 Å². The average molecular weight is 235 g/mol. The van der Waals surface area contributed by atoms with Crippen molar-refractivity contribution in [3.63, 3.8) is 0 Å². The fourth-order valence-corrected chi connectivity index (χ4v) is 1.63. The Labute approximate surface area is 92.6 Å². The minimum absolute atomic E-state index is 0.237. The van der Waals surface area contributed by atoms with Gasteiger partial charge in [0.25, 0.3) is 0 Å². The van der Waals surface area contributed by atoms with Gasteiger partial charge in [-0.1, -0.05) is 0 Å². The Bertz CT molecular complexity index is 331. The monoisotopic (exact) mass is 235 g/mol. The zero-order chi connectivity index (χ0) is 12.2. The summed E-state index contributed by atoms with van der Waals surface area (Å²) in [6.45, 7) is 2.59. The molecule has 0 bridgehead atoms. The lowest BCUT2D eigenvalue weighted by molar-refractivity contribution is -0.144. The van der Waals surface area contributed by atoms with Crippen LogP contribution in [-0.4, -0.2) is 23.4 Å². The predicted molar refractivity (Wildman–Crippen MR) is 55.2 cm³/mol. The second-order valence-corrected chi connectivity index (χ2v) is 3.54. The van der Waals surface area contributed by atoms with Crippen LogP contribution < -0.4 is 5.32 Å². The molecule has 0 unspecified atom stereocenters. The van der Waals surface area contributed by atoms with Gasteiger partial charge in [-0.05, 0) is 33.4 Å². The number of nitrogens with one attached hydrogen (secondary N) is 1. The van der Waals surface area contributed by atoms with Crippen molar-refractivity contribution >= 4 is 0 Å². The fourth-order valence-electron chi connectivity index (χ4n) is 1.63. The lowest BCUT2D eigenvalue weighted by atomic mass is 10.1. The summed E-state index contributed by atoms with van der Waals surface area (Å²) in [5.74, 6) is 0. The largest absolute Gasteiger partial charge is 0.433 e. The second-order valence-electron chi connectivity index (χ2n) is 3.54. The molecule has 16 heavy (non-hydrogen) atoms. The van der Waals surface area contributed by atoms with Gasteiger partial charge in [0, 0.05) is 12.1 Å². The third-order valence-corrected chi connectivity index (χ3v) is 2.36. The van der Waals surface area contributed by atoms with E-state index < -0.39 is 11.9 Å². The third-order valence-electron chi connectivity index (χ3n) is 2.36. The van der Waals surface area contributed by atoms with Gasteiger partial charge in [-0.3, -0.25) is 4.68 Å². The Kier molecular flexibility index (Phi) is 4.35. The molecule has 0 amide bonds. The van der Waals surface area contributed by atoms with Crippen LogP contribution >= 0.6 is 0 Å². The van der Waals surface area contributed by atoms with Crippen molar-refractivity contribution in [1.29, 1.82) is 0 Å². The van der Waals surface area contributed by atoms with Crippen molar-refractivity contribution in [2.45, 2.75) is 32.5 Å². The van der Waals surface area contributed by atoms with Gasteiger partial charge >= 0.3 is 6.18 Å². The van der Waals surface area contributed by atoms with Crippen molar-refractivity contribution in [3.8, 4) is 0 Å². The van der Waals surface area contributed by atoms with Crippen molar-refractivity contribution in [2.24, 2.45) is 0 Å². The highest BCUT2D eigenvalue weighted by atomic mass is 19.4. The molecule has 1 aromatic heterocycles. The number of halogens is 3. The number of alkyl halides is 3. The average Bonchev–Trinajstić information content (AvgIpc) is 2.61. The molecule has 0 atom stereocenters. The van der Waals surface area contributed by atoms with Crippen LogP contribution in [0.15, 0.2) is 6.20 Å². The van der Waals surface area contributed by atoms with Gasteiger partial charge in [-0.15, -0.1) is 0 Å². The van der Waals surface area contributed by atoms with Crippen molar-refractivity contribution < 1.29 is 13.2 Å². The quantitative estimate of drug-likeness (QED) is 0.792. The van der Waals surface area contributed by atoms with E-state index in [4.69, 9.17) is 0 Å². The first kappa shape index (κ1) is 13.0. The zero-order valence-corrected chi connectivity index (χ0v) is 9.43. The maximum absolute atomic E-state index is 12.8. The number of rotatable bonds is 5. The topological polar surface area (TPSA) is 29.9 Å². The Balaban J connectivity index is 2.88. The van der Waals surface area contributed by atoms with Crippen LogP contribution in [0.25, 0.3) is 0 Å². The molecular weight excluding hydrogens is 219 g/mol. The zero-order valence-electron chi connectivity index (χ0n) is 9.43. The first-order valence-corrected chi connectivity index (χ1v) is 5.27. The molecule has 0 saturated carbocycles. The number of hydrogen-bond donors (Lipinski definition) is 1. The van der Waals surface area contributed by atoms with Crippen molar-refractivity contribution in [3.05, 3.63) is 17.5 Å². The molecule has 6 heteroatoms. The van der Waals surface area contributed by atoms with E-state index in [0.717, 1.165) is 4.68 Å². The van der Waals surface area contributed by atoms with Gasteiger partial charge in [0.2, 0.25) is 0 Å². The summed E-state index contributed by atoms with van der Waals surface area (Å²) in [7, 11) is 1.78. The van der Waals surface area contributed by atoms with Crippen LogP contribution in [0.4, 0.5) is 13.2 Å². The molecule has 0 spiro atoms. The molecule has 1 aromatic rings. The van der Waals surface area contributed by atoms with E-state index in [0.29, 0.717) is 19.4 Å². The summed E-state index contributed by atoms with van der Waals surface area (Å²) in [5.41, 5.74) is -0.323. The molecule has 0 aliphatic rings. The van der Waals surface area contributed by atoms with Crippen LogP contribution in [0, 0.1) is 0 Å². The molecular formula is C10H16F3N3. The van der Waals surface area contributed by atoms with Gasteiger partial charge in [0.05, 0.1) is 6.20 Å². The Hall–Kier alpha value is -1.04. The van der Waals surface area contributed by atoms with Gasteiger partial charge in [-0.2, -0.15) is 18.3 Å². The number of aryl methyl sites for hydroxylation is 2. The predicted octanol–water partition coefficient (Wildman–Crippen LogP) is 2.07. The normalized spacial score (nSPS) is 12.1. The standard InChI is InChI=1S/C10H16F3N3/c1-3-16-9(10(11,12)13)8(7-15-16)5-4-6-14-2/h7,14H,3-6H2,1-2H3. The first-order valence-electron chi connectivity index (χ1n) is 5.27. The van der Waals surface area contributed by atoms with Crippen molar-refractivity contribution in [1.82, 2.24) is 15.1 Å². The van der Waals surface area contributed by atoms with Crippen LogP contribution in [0.1, 0.15) is 24.6 Å². The SMILES string of the molecule is CCn1ncc(CCCNC)c1C(F)(F)F. The lowest BCUT2D eigenvalue weighted by Gasteiger charge is -2.11. The van der Waals surface area contributed by atoms with Crippen LogP contribution in [0.5, 0.6) is 0 Å². The van der Waals surface area contributed by atoms with Gasteiger partial charge in [0.15, 0.2) is 0 Å². The Morgan fingerprint density at radius 1 is 1.44 bits per heavy atom. The molecule has 0 aliphatic heterocycles. The molecule has 0 aliphatic carbocycles. The molecule has 3 nitrogen and oxygen atoms in total. The number of aromatic nitrogens is 2. The Morgan fingerprint density at radius 2 is 2.12 bits per heavy atom. The van der Waals surface area contributed by atoms with Gasteiger partial charge in [-0.25, -0.2) is 0 Å². The van der Waals surface area contributed by atoms with Crippen LogP contribution in [0.2, 0.25) is 0 Å². The Morgan fingerprint density at radius 3 is 2.62 bits per heavy atom. The van der Waals surface area contributed by atoms with Gasteiger partial charge in [0.1, 0.15) is 5.69 Å². The molecule has 1 rings (SSSR count). The van der Waals surface area contributed by atoms with Crippen LogP contribution in [0.3, 0.4) is 0 Å². The number of hydrogen-bond acceptors (Lipinski definition) is 2. The number of nitrogens with zero attached hydrogens (tertiary/aromatic N) is 2. The van der Waals surface area contributed by atoms with Crippen molar-refractivity contribution in [2.75, 3.05) is 13.6 Å².